The Balaban J connectivity index is 1.78. The third kappa shape index (κ3) is 2.94. The first-order chi connectivity index (χ1) is 7.24. The lowest BCUT2D eigenvalue weighted by Gasteiger charge is -2.19. The average Bonchev–Trinajstić information content (AvgIpc) is 2.77. The minimum absolute atomic E-state index is 0.336. The van der Waals surface area contributed by atoms with Gasteiger partial charge in [-0.25, -0.2) is 4.98 Å². The summed E-state index contributed by atoms with van der Waals surface area (Å²) in [6.45, 7) is 3.55. The summed E-state index contributed by atoms with van der Waals surface area (Å²) in [5.41, 5.74) is 5.49. The van der Waals surface area contributed by atoms with Crippen LogP contribution in [0.1, 0.15) is 12.8 Å². The van der Waals surface area contributed by atoms with E-state index in [1.54, 1.807) is 12.5 Å². The standard InChI is InChI=1S/C10H18N4O/c11-10-7-14(8-12-10)6-9(15)5-13-3-1-2-4-13/h7-9,15H,1-6,11H2. The number of likely N-dealkylation sites (tertiary alicyclic amines) is 1. The maximum atomic E-state index is 9.84. The molecule has 84 valence electrons. The van der Waals surface area contributed by atoms with E-state index in [-0.39, 0.29) is 6.10 Å². The number of β-amino-alcohol motifs (C(OH)–C–C–N with tert-alkyl or cyclic N) is 1. The summed E-state index contributed by atoms with van der Waals surface area (Å²) in [5.74, 6) is 0.503. The van der Waals surface area contributed by atoms with E-state index in [1.807, 2.05) is 4.57 Å². The van der Waals surface area contributed by atoms with Crippen molar-refractivity contribution in [3.63, 3.8) is 0 Å². The maximum Gasteiger partial charge on any atom is 0.141 e. The molecule has 5 nitrogen and oxygen atoms in total. The molecule has 3 N–H and O–H groups in total. The monoisotopic (exact) mass is 210 g/mol. The van der Waals surface area contributed by atoms with E-state index < -0.39 is 0 Å². The number of hydrogen-bond donors (Lipinski definition) is 2. The zero-order chi connectivity index (χ0) is 10.7. The minimum atomic E-state index is -0.336. The van der Waals surface area contributed by atoms with E-state index in [2.05, 4.69) is 9.88 Å². The Hall–Kier alpha value is -1.07. The number of aliphatic hydroxyl groups is 1. The molecule has 1 aliphatic rings. The highest BCUT2D eigenvalue weighted by Crippen LogP contribution is 2.08. The minimum Gasteiger partial charge on any atom is -0.390 e. The number of aromatic nitrogens is 2. The Morgan fingerprint density at radius 1 is 1.40 bits per heavy atom. The molecule has 0 radical (unpaired) electrons. The van der Waals surface area contributed by atoms with Crippen LogP contribution in [-0.2, 0) is 6.54 Å². The highest BCUT2D eigenvalue weighted by atomic mass is 16.3. The van der Waals surface area contributed by atoms with E-state index in [4.69, 9.17) is 5.73 Å². The SMILES string of the molecule is Nc1cn(CC(O)CN2CCCC2)cn1. The molecule has 1 aliphatic heterocycles. The van der Waals surface area contributed by atoms with Crippen molar-refractivity contribution in [1.29, 1.82) is 0 Å². The number of nitrogen functional groups attached to an aromatic ring is 1. The summed E-state index contributed by atoms with van der Waals surface area (Å²) in [7, 11) is 0. The topological polar surface area (TPSA) is 67.3 Å². The van der Waals surface area contributed by atoms with Crippen molar-refractivity contribution >= 4 is 5.82 Å². The molecule has 0 aliphatic carbocycles. The van der Waals surface area contributed by atoms with Gasteiger partial charge in [0.2, 0.25) is 0 Å². The van der Waals surface area contributed by atoms with E-state index in [1.165, 1.54) is 12.8 Å². The largest absolute Gasteiger partial charge is 0.390 e. The first-order valence-corrected chi connectivity index (χ1v) is 5.42. The van der Waals surface area contributed by atoms with Gasteiger partial charge in [0.1, 0.15) is 5.82 Å². The molecule has 1 unspecified atom stereocenters. The fourth-order valence-corrected chi connectivity index (χ4v) is 2.04. The molecule has 0 spiro atoms. The van der Waals surface area contributed by atoms with Gasteiger partial charge in [0.25, 0.3) is 0 Å². The Labute approximate surface area is 89.5 Å². The fraction of sp³-hybridized carbons (Fsp3) is 0.700. The van der Waals surface area contributed by atoms with Crippen LogP contribution in [0.25, 0.3) is 0 Å². The van der Waals surface area contributed by atoms with Gasteiger partial charge in [-0.3, -0.25) is 0 Å². The van der Waals surface area contributed by atoms with Crippen LogP contribution >= 0.6 is 0 Å². The summed E-state index contributed by atoms with van der Waals surface area (Å²) >= 11 is 0. The number of nitrogens with zero attached hydrogens (tertiary/aromatic N) is 3. The number of nitrogens with two attached hydrogens (primary N) is 1. The molecule has 0 aromatic carbocycles. The second kappa shape index (κ2) is 4.63. The Morgan fingerprint density at radius 2 is 2.13 bits per heavy atom. The van der Waals surface area contributed by atoms with Crippen LogP contribution < -0.4 is 5.73 Å². The molecule has 15 heavy (non-hydrogen) atoms. The molecule has 1 saturated heterocycles. The second-order valence-corrected chi connectivity index (χ2v) is 4.16. The van der Waals surface area contributed by atoms with Crippen LogP contribution in [0.3, 0.4) is 0 Å². The molecule has 2 rings (SSSR count). The average molecular weight is 210 g/mol. The van der Waals surface area contributed by atoms with Crippen molar-refractivity contribution in [1.82, 2.24) is 14.5 Å². The van der Waals surface area contributed by atoms with Gasteiger partial charge in [-0.05, 0) is 25.9 Å². The van der Waals surface area contributed by atoms with Gasteiger partial charge in [-0.2, -0.15) is 0 Å². The zero-order valence-electron chi connectivity index (χ0n) is 8.84. The van der Waals surface area contributed by atoms with Gasteiger partial charge in [-0.1, -0.05) is 0 Å². The number of imidazole rings is 1. The molecule has 0 saturated carbocycles. The van der Waals surface area contributed by atoms with E-state index in [0.717, 1.165) is 19.6 Å². The Kier molecular flexibility index (Phi) is 3.23. The number of aliphatic hydroxyl groups excluding tert-OH is 1. The maximum absolute atomic E-state index is 9.84. The third-order valence-electron chi connectivity index (χ3n) is 2.74. The quantitative estimate of drug-likeness (QED) is 0.729. The summed E-state index contributed by atoms with van der Waals surface area (Å²) in [5, 5.41) is 9.84. The van der Waals surface area contributed by atoms with Crippen molar-refractivity contribution in [2.45, 2.75) is 25.5 Å². The van der Waals surface area contributed by atoms with Gasteiger partial charge >= 0.3 is 0 Å². The van der Waals surface area contributed by atoms with Gasteiger partial charge in [0.15, 0.2) is 0 Å². The normalized spacial score (nSPS) is 19.5. The first kappa shape index (κ1) is 10.4. The Morgan fingerprint density at radius 3 is 2.73 bits per heavy atom. The van der Waals surface area contributed by atoms with Gasteiger partial charge in [-0.15, -0.1) is 0 Å². The van der Waals surface area contributed by atoms with Crippen molar-refractivity contribution in [3.8, 4) is 0 Å². The molecular formula is C10H18N4O. The summed E-state index contributed by atoms with van der Waals surface area (Å²) < 4.78 is 1.83. The van der Waals surface area contributed by atoms with Crippen molar-refractivity contribution < 1.29 is 5.11 Å². The van der Waals surface area contributed by atoms with Crippen LogP contribution in [0.2, 0.25) is 0 Å². The van der Waals surface area contributed by atoms with Crippen LogP contribution in [0.15, 0.2) is 12.5 Å². The molecular weight excluding hydrogens is 192 g/mol. The lowest BCUT2D eigenvalue weighted by molar-refractivity contribution is 0.109. The first-order valence-electron chi connectivity index (χ1n) is 5.42. The zero-order valence-corrected chi connectivity index (χ0v) is 8.84. The van der Waals surface area contributed by atoms with Gasteiger partial charge < -0.3 is 20.3 Å². The van der Waals surface area contributed by atoms with Crippen LogP contribution in [-0.4, -0.2) is 45.3 Å². The summed E-state index contributed by atoms with van der Waals surface area (Å²) in [6, 6.07) is 0. The molecule has 1 aromatic rings. The molecule has 1 aromatic heterocycles. The second-order valence-electron chi connectivity index (χ2n) is 4.16. The lowest BCUT2D eigenvalue weighted by atomic mass is 10.3. The van der Waals surface area contributed by atoms with Crippen LogP contribution in [0, 0.1) is 0 Å². The Bertz CT molecular complexity index is 306. The lowest BCUT2D eigenvalue weighted by Crippen LogP contribution is -2.32. The highest BCUT2D eigenvalue weighted by molar-refractivity contribution is 5.22. The third-order valence-corrected chi connectivity index (χ3v) is 2.74. The molecule has 0 amide bonds. The predicted molar refractivity (Wildman–Crippen MR) is 58.3 cm³/mol. The molecule has 2 heterocycles. The van der Waals surface area contributed by atoms with E-state index in [9.17, 15) is 5.11 Å². The smallest absolute Gasteiger partial charge is 0.141 e. The summed E-state index contributed by atoms with van der Waals surface area (Å²) in [6.07, 6.45) is 5.57. The van der Waals surface area contributed by atoms with E-state index >= 15 is 0 Å². The number of anilines is 1. The van der Waals surface area contributed by atoms with Gasteiger partial charge in [0, 0.05) is 12.7 Å². The number of hydrogen-bond acceptors (Lipinski definition) is 4. The molecule has 5 heteroatoms. The van der Waals surface area contributed by atoms with Crippen LogP contribution in [0.5, 0.6) is 0 Å². The van der Waals surface area contributed by atoms with Gasteiger partial charge in [0.05, 0.1) is 19.0 Å². The van der Waals surface area contributed by atoms with E-state index in [0.29, 0.717) is 12.4 Å². The van der Waals surface area contributed by atoms with Crippen molar-refractivity contribution in [3.05, 3.63) is 12.5 Å². The molecule has 0 bridgehead atoms. The summed E-state index contributed by atoms with van der Waals surface area (Å²) in [4.78, 5) is 6.21. The number of rotatable bonds is 4. The highest BCUT2D eigenvalue weighted by Gasteiger charge is 2.15. The fourth-order valence-electron chi connectivity index (χ4n) is 2.04. The molecule has 1 fully saturated rings. The predicted octanol–water partition coefficient (Wildman–Crippen LogP) is -0.0780. The van der Waals surface area contributed by atoms with Crippen LogP contribution in [0.4, 0.5) is 5.82 Å². The van der Waals surface area contributed by atoms with Crippen molar-refractivity contribution in [2.75, 3.05) is 25.4 Å². The van der Waals surface area contributed by atoms with Crippen molar-refractivity contribution in [2.24, 2.45) is 0 Å². The molecule has 1 atom stereocenters.